The molecule has 0 aliphatic heterocycles. The summed E-state index contributed by atoms with van der Waals surface area (Å²) in [5, 5.41) is 6.05. The van der Waals surface area contributed by atoms with Gasteiger partial charge in [-0.1, -0.05) is 66.2 Å². The molecule has 0 radical (unpaired) electrons. The Hall–Kier alpha value is -2.12. The second-order valence-corrected chi connectivity index (χ2v) is 5.64. The lowest BCUT2D eigenvalue weighted by atomic mass is 9.96. The molecule has 3 aromatic rings. The molecule has 1 atom stereocenters. The van der Waals surface area contributed by atoms with Gasteiger partial charge in [0.2, 0.25) is 0 Å². The topological polar surface area (TPSA) is 12.0 Å². The number of aryl methyl sites for hydroxylation is 1. The van der Waals surface area contributed by atoms with Crippen LogP contribution in [0, 0.1) is 6.92 Å². The molecule has 0 aliphatic carbocycles. The Bertz CT molecular complexity index is 728. The van der Waals surface area contributed by atoms with Gasteiger partial charge in [0, 0.05) is 6.04 Å². The van der Waals surface area contributed by atoms with Crippen molar-refractivity contribution in [2.45, 2.75) is 19.4 Å². The minimum atomic E-state index is 0.345. The Labute approximate surface area is 126 Å². The third-order valence-corrected chi connectivity index (χ3v) is 4.08. The van der Waals surface area contributed by atoms with Gasteiger partial charge in [0.05, 0.1) is 0 Å². The van der Waals surface area contributed by atoms with Crippen molar-refractivity contribution in [3.05, 3.63) is 83.4 Å². The van der Waals surface area contributed by atoms with Crippen molar-refractivity contribution in [1.29, 1.82) is 0 Å². The fraction of sp³-hybridized carbons (Fsp3) is 0.200. The van der Waals surface area contributed by atoms with Crippen LogP contribution in [0.15, 0.2) is 66.7 Å². The highest BCUT2D eigenvalue weighted by Gasteiger charge is 2.10. The molecule has 0 aromatic heterocycles. The van der Waals surface area contributed by atoms with E-state index < -0.39 is 0 Å². The highest BCUT2D eigenvalue weighted by Crippen LogP contribution is 2.23. The number of rotatable bonds is 4. The van der Waals surface area contributed by atoms with E-state index in [0.29, 0.717) is 6.04 Å². The monoisotopic (exact) mass is 275 g/mol. The van der Waals surface area contributed by atoms with Gasteiger partial charge in [-0.15, -0.1) is 0 Å². The molecule has 106 valence electrons. The van der Waals surface area contributed by atoms with E-state index in [1.54, 1.807) is 0 Å². The molecule has 0 spiro atoms. The smallest absolute Gasteiger partial charge is 0.0358 e. The summed E-state index contributed by atoms with van der Waals surface area (Å²) < 4.78 is 0. The number of nitrogens with one attached hydrogen (secondary N) is 1. The second kappa shape index (κ2) is 6.11. The number of hydrogen-bond donors (Lipinski definition) is 1. The van der Waals surface area contributed by atoms with Gasteiger partial charge in [0.15, 0.2) is 0 Å². The normalized spacial score (nSPS) is 12.5. The number of likely N-dealkylation sites (N-methyl/N-ethyl adjacent to an activating group) is 1. The molecule has 1 nitrogen and oxygen atoms in total. The predicted octanol–water partition coefficient (Wildman–Crippen LogP) is 4.65. The Morgan fingerprint density at radius 3 is 2.29 bits per heavy atom. The van der Waals surface area contributed by atoms with E-state index in [-0.39, 0.29) is 0 Å². The molecule has 0 amide bonds. The minimum absolute atomic E-state index is 0.345. The van der Waals surface area contributed by atoms with E-state index in [9.17, 15) is 0 Å². The fourth-order valence-corrected chi connectivity index (χ4v) is 2.77. The molecule has 21 heavy (non-hydrogen) atoms. The molecule has 0 heterocycles. The van der Waals surface area contributed by atoms with Crippen molar-refractivity contribution >= 4 is 10.8 Å². The van der Waals surface area contributed by atoms with Crippen molar-refractivity contribution in [2.75, 3.05) is 7.05 Å². The van der Waals surface area contributed by atoms with E-state index in [0.717, 1.165) is 6.42 Å². The maximum Gasteiger partial charge on any atom is 0.0358 e. The van der Waals surface area contributed by atoms with Gasteiger partial charge in [-0.3, -0.25) is 0 Å². The van der Waals surface area contributed by atoms with Gasteiger partial charge in [-0.2, -0.15) is 0 Å². The van der Waals surface area contributed by atoms with Crippen molar-refractivity contribution in [3.63, 3.8) is 0 Å². The van der Waals surface area contributed by atoms with E-state index in [2.05, 4.69) is 79.0 Å². The summed E-state index contributed by atoms with van der Waals surface area (Å²) in [5.41, 5.74) is 4.02. The molecule has 3 aromatic carbocycles. The Morgan fingerprint density at radius 2 is 1.57 bits per heavy atom. The second-order valence-electron chi connectivity index (χ2n) is 5.64. The average Bonchev–Trinajstić information content (AvgIpc) is 2.54. The zero-order valence-corrected chi connectivity index (χ0v) is 12.6. The van der Waals surface area contributed by atoms with E-state index in [4.69, 9.17) is 0 Å². The van der Waals surface area contributed by atoms with Crippen LogP contribution < -0.4 is 5.32 Å². The molecule has 0 saturated carbocycles. The van der Waals surface area contributed by atoms with Gasteiger partial charge in [0.1, 0.15) is 0 Å². The number of benzene rings is 3. The molecule has 3 rings (SSSR count). The first-order chi connectivity index (χ1) is 10.3. The van der Waals surface area contributed by atoms with Crippen molar-refractivity contribution < 1.29 is 0 Å². The summed E-state index contributed by atoms with van der Waals surface area (Å²) in [6.45, 7) is 2.13. The van der Waals surface area contributed by atoms with E-state index >= 15 is 0 Å². The summed E-state index contributed by atoms with van der Waals surface area (Å²) in [6, 6.07) is 24.4. The third-order valence-electron chi connectivity index (χ3n) is 4.08. The lowest BCUT2D eigenvalue weighted by Gasteiger charge is -2.17. The first-order valence-corrected chi connectivity index (χ1v) is 7.48. The molecule has 1 N–H and O–H groups in total. The molecule has 0 saturated heterocycles. The van der Waals surface area contributed by atoms with E-state index in [1.165, 1.54) is 27.5 Å². The van der Waals surface area contributed by atoms with Crippen LogP contribution in [-0.2, 0) is 6.42 Å². The van der Waals surface area contributed by atoms with Crippen LogP contribution in [-0.4, -0.2) is 7.05 Å². The van der Waals surface area contributed by atoms with Crippen LogP contribution >= 0.6 is 0 Å². The van der Waals surface area contributed by atoms with Crippen molar-refractivity contribution in [2.24, 2.45) is 0 Å². The van der Waals surface area contributed by atoms with Crippen LogP contribution in [0.25, 0.3) is 10.8 Å². The summed E-state index contributed by atoms with van der Waals surface area (Å²) in [7, 11) is 2.04. The van der Waals surface area contributed by atoms with Gasteiger partial charge < -0.3 is 5.32 Å². The van der Waals surface area contributed by atoms with Crippen LogP contribution in [0.3, 0.4) is 0 Å². The predicted molar refractivity (Wildman–Crippen MR) is 90.6 cm³/mol. The Balaban J connectivity index is 1.88. The summed E-state index contributed by atoms with van der Waals surface area (Å²) in [5.74, 6) is 0. The van der Waals surface area contributed by atoms with E-state index in [1.807, 2.05) is 7.05 Å². The SMILES string of the molecule is CNC(Cc1ccc(C)cc1)c1ccc2ccccc2c1. The summed E-state index contributed by atoms with van der Waals surface area (Å²) in [4.78, 5) is 0. The zero-order valence-electron chi connectivity index (χ0n) is 12.6. The van der Waals surface area contributed by atoms with Gasteiger partial charge in [0.25, 0.3) is 0 Å². The van der Waals surface area contributed by atoms with Gasteiger partial charge in [-0.25, -0.2) is 0 Å². The quantitative estimate of drug-likeness (QED) is 0.730. The van der Waals surface area contributed by atoms with Gasteiger partial charge in [-0.05, 0) is 48.4 Å². The third kappa shape index (κ3) is 3.14. The first-order valence-electron chi connectivity index (χ1n) is 7.48. The molecule has 0 aliphatic rings. The van der Waals surface area contributed by atoms with Crippen LogP contribution in [0.4, 0.5) is 0 Å². The van der Waals surface area contributed by atoms with Crippen LogP contribution in [0.1, 0.15) is 22.7 Å². The van der Waals surface area contributed by atoms with Crippen LogP contribution in [0.2, 0.25) is 0 Å². The molecule has 1 heteroatoms. The standard InChI is InChI=1S/C20H21N/c1-15-7-9-16(10-8-15)13-20(21-2)19-12-11-17-5-3-4-6-18(17)14-19/h3-12,14,20-21H,13H2,1-2H3. The number of hydrogen-bond acceptors (Lipinski definition) is 1. The average molecular weight is 275 g/mol. The number of fused-ring (bicyclic) bond motifs is 1. The summed E-state index contributed by atoms with van der Waals surface area (Å²) in [6.07, 6.45) is 1.01. The first kappa shape index (κ1) is 13.8. The molecular formula is C20H21N. The maximum absolute atomic E-state index is 3.45. The molecule has 0 bridgehead atoms. The highest BCUT2D eigenvalue weighted by atomic mass is 14.9. The Kier molecular flexibility index (Phi) is 4.03. The molecular weight excluding hydrogens is 254 g/mol. The largest absolute Gasteiger partial charge is 0.313 e. The van der Waals surface area contributed by atoms with Crippen LogP contribution in [0.5, 0.6) is 0 Å². The highest BCUT2D eigenvalue weighted by molar-refractivity contribution is 5.83. The molecule has 1 unspecified atom stereocenters. The van der Waals surface area contributed by atoms with Gasteiger partial charge >= 0.3 is 0 Å². The maximum atomic E-state index is 3.45. The van der Waals surface area contributed by atoms with Crippen molar-refractivity contribution in [3.8, 4) is 0 Å². The Morgan fingerprint density at radius 1 is 0.857 bits per heavy atom. The fourth-order valence-electron chi connectivity index (χ4n) is 2.77. The van der Waals surface area contributed by atoms with Crippen molar-refractivity contribution in [1.82, 2.24) is 5.32 Å². The summed E-state index contributed by atoms with van der Waals surface area (Å²) >= 11 is 0. The minimum Gasteiger partial charge on any atom is -0.313 e. The molecule has 0 fully saturated rings. The lowest BCUT2D eigenvalue weighted by Crippen LogP contribution is -2.18. The zero-order chi connectivity index (χ0) is 14.7. The lowest BCUT2D eigenvalue weighted by molar-refractivity contribution is 0.592.